The Labute approximate surface area is 105 Å². The van der Waals surface area contributed by atoms with Crippen molar-refractivity contribution in [3.8, 4) is 0 Å². The summed E-state index contributed by atoms with van der Waals surface area (Å²) in [6.07, 6.45) is 0.0518. The van der Waals surface area contributed by atoms with Gasteiger partial charge in [-0.2, -0.15) is 0 Å². The highest BCUT2D eigenvalue weighted by Crippen LogP contribution is 2.16. The molecule has 0 aliphatic heterocycles. The van der Waals surface area contributed by atoms with Crippen LogP contribution in [0.15, 0.2) is 0 Å². The van der Waals surface area contributed by atoms with Gasteiger partial charge in [0.15, 0.2) is 0 Å². The Kier molecular flexibility index (Phi) is 6.61. The molecule has 0 saturated carbocycles. The van der Waals surface area contributed by atoms with Crippen LogP contribution in [0.3, 0.4) is 0 Å². The standard InChI is InChI=1S/C11H26N2O3S/c1-10(2)16-6-7-17(14,15)13(5)9-11(3,4)8-12/h10H,6-9,12H2,1-5H3. The molecule has 0 radical (unpaired) electrons. The second kappa shape index (κ2) is 6.68. The smallest absolute Gasteiger partial charge is 0.216 e. The Morgan fingerprint density at radius 2 is 1.88 bits per heavy atom. The van der Waals surface area contributed by atoms with Crippen LogP contribution in [0, 0.1) is 5.41 Å². The molecule has 104 valence electrons. The number of rotatable bonds is 8. The molecule has 0 aromatic heterocycles. The maximum atomic E-state index is 11.9. The van der Waals surface area contributed by atoms with Gasteiger partial charge in [0.1, 0.15) is 0 Å². The molecule has 0 aliphatic carbocycles. The zero-order chi connectivity index (χ0) is 13.7. The van der Waals surface area contributed by atoms with Gasteiger partial charge in [-0.1, -0.05) is 13.8 Å². The fourth-order valence-corrected chi connectivity index (χ4v) is 2.48. The minimum Gasteiger partial charge on any atom is -0.378 e. The normalized spacial score (nSPS) is 13.6. The molecule has 0 aromatic carbocycles. The molecule has 0 heterocycles. The van der Waals surface area contributed by atoms with Crippen LogP contribution >= 0.6 is 0 Å². The van der Waals surface area contributed by atoms with Crippen LogP contribution in [0.1, 0.15) is 27.7 Å². The quantitative estimate of drug-likeness (QED) is 0.700. The van der Waals surface area contributed by atoms with E-state index in [2.05, 4.69) is 0 Å². The van der Waals surface area contributed by atoms with Crippen LogP contribution < -0.4 is 5.73 Å². The van der Waals surface area contributed by atoms with Gasteiger partial charge in [-0.15, -0.1) is 0 Å². The highest BCUT2D eigenvalue weighted by Gasteiger charge is 2.25. The van der Waals surface area contributed by atoms with Gasteiger partial charge in [0.25, 0.3) is 0 Å². The average Bonchev–Trinajstić information content (AvgIpc) is 2.16. The second-order valence-corrected chi connectivity index (χ2v) is 7.56. The molecule has 5 nitrogen and oxygen atoms in total. The molecule has 0 aromatic rings. The number of nitrogens with zero attached hydrogens (tertiary/aromatic N) is 1. The summed E-state index contributed by atoms with van der Waals surface area (Å²) >= 11 is 0. The van der Waals surface area contributed by atoms with Gasteiger partial charge in [-0.25, -0.2) is 12.7 Å². The van der Waals surface area contributed by atoms with Gasteiger partial charge < -0.3 is 10.5 Å². The molecular formula is C11H26N2O3S. The van der Waals surface area contributed by atoms with Crippen molar-refractivity contribution in [2.24, 2.45) is 11.1 Å². The number of ether oxygens (including phenoxy) is 1. The van der Waals surface area contributed by atoms with Crippen molar-refractivity contribution >= 4 is 10.0 Å². The molecule has 6 heteroatoms. The van der Waals surface area contributed by atoms with Crippen LogP contribution in [-0.4, -0.2) is 51.3 Å². The van der Waals surface area contributed by atoms with Crippen molar-refractivity contribution in [1.82, 2.24) is 4.31 Å². The van der Waals surface area contributed by atoms with Crippen LogP contribution in [0.25, 0.3) is 0 Å². The number of nitrogens with two attached hydrogens (primary N) is 1. The summed E-state index contributed by atoms with van der Waals surface area (Å²) < 4.78 is 30.4. The summed E-state index contributed by atoms with van der Waals surface area (Å²) in [5.74, 6) is 0.0162. The summed E-state index contributed by atoms with van der Waals surface area (Å²) in [6.45, 7) is 8.77. The topological polar surface area (TPSA) is 72.6 Å². The molecule has 0 amide bonds. The lowest BCUT2D eigenvalue weighted by Gasteiger charge is -2.28. The molecule has 2 N–H and O–H groups in total. The summed E-state index contributed by atoms with van der Waals surface area (Å²) in [7, 11) is -1.66. The molecule has 0 fully saturated rings. The summed E-state index contributed by atoms with van der Waals surface area (Å²) in [5.41, 5.74) is 5.38. The Morgan fingerprint density at radius 1 is 1.35 bits per heavy atom. The minimum absolute atomic E-state index is 0.0162. The van der Waals surface area contributed by atoms with Crippen LogP contribution in [0.2, 0.25) is 0 Å². The van der Waals surface area contributed by atoms with E-state index >= 15 is 0 Å². The molecule has 0 unspecified atom stereocenters. The number of hydrogen-bond donors (Lipinski definition) is 1. The van der Waals surface area contributed by atoms with Crippen LogP contribution in [0.5, 0.6) is 0 Å². The molecule has 0 aliphatic rings. The summed E-state index contributed by atoms with van der Waals surface area (Å²) in [4.78, 5) is 0. The predicted octanol–water partition coefficient (Wildman–Crippen LogP) is 0.658. The van der Waals surface area contributed by atoms with Gasteiger partial charge in [0.05, 0.1) is 18.5 Å². The Morgan fingerprint density at radius 3 is 2.29 bits per heavy atom. The SMILES string of the molecule is CC(C)OCCS(=O)(=O)N(C)CC(C)(C)CN. The fraction of sp³-hybridized carbons (Fsp3) is 1.00. The minimum atomic E-state index is -3.25. The lowest BCUT2D eigenvalue weighted by atomic mass is 9.94. The van der Waals surface area contributed by atoms with Crippen molar-refractivity contribution < 1.29 is 13.2 Å². The second-order valence-electron chi connectivity index (χ2n) is 5.36. The van der Waals surface area contributed by atoms with Crippen molar-refractivity contribution in [1.29, 1.82) is 0 Å². The van der Waals surface area contributed by atoms with Gasteiger partial charge in [-0.05, 0) is 25.8 Å². The first kappa shape index (κ1) is 16.8. The highest BCUT2D eigenvalue weighted by atomic mass is 32.2. The highest BCUT2D eigenvalue weighted by molar-refractivity contribution is 7.89. The fourth-order valence-electron chi connectivity index (χ4n) is 1.31. The molecular weight excluding hydrogens is 240 g/mol. The maximum Gasteiger partial charge on any atom is 0.216 e. The van der Waals surface area contributed by atoms with Gasteiger partial charge in [0.2, 0.25) is 10.0 Å². The molecule has 0 bridgehead atoms. The van der Waals surface area contributed by atoms with Crippen LogP contribution in [-0.2, 0) is 14.8 Å². The Balaban J connectivity index is 4.31. The van der Waals surface area contributed by atoms with Gasteiger partial charge in [-0.3, -0.25) is 0 Å². The van der Waals surface area contributed by atoms with E-state index < -0.39 is 10.0 Å². The van der Waals surface area contributed by atoms with E-state index in [4.69, 9.17) is 10.5 Å². The molecule has 0 rings (SSSR count). The van der Waals surface area contributed by atoms with E-state index in [-0.39, 0.29) is 23.9 Å². The van der Waals surface area contributed by atoms with Crippen molar-refractivity contribution in [2.75, 3.05) is 32.5 Å². The largest absolute Gasteiger partial charge is 0.378 e. The van der Waals surface area contributed by atoms with E-state index in [1.807, 2.05) is 27.7 Å². The van der Waals surface area contributed by atoms with Crippen molar-refractivity contribution in [3.63, 3.8) is 0 Å². The molecule has 0 spiro atoms. The van der Waals surface area contributed by atoms with Crippen LogP contribution in [0.4, 0.5) is 0 Å². The summed E-state index contributed by atoms with van der Waals surface area (Å²) in [6, 6.07) is 0. The lowest BCUT2D eigenvalue weighted by molar-refractivity contribution is 0.0906. The third-order valence-electron chi connectivity index (χ3n) is 2.47. The monoisotopic (exact) mass is 266 g/mol. The molecule has 17 heavy (non-hydrogen) atoms. The summed E-state index contributed by atoms with van der Waals surface area (Å²) in [5, 5.41) is 0. The molecule has 0 saturated heterocycles. The zero-order valence-electron chi connectivity index (χ0n) is 11.6. The van der Waals surface area contributed by atoms with Gasteiger partial charge >= 0.3 is 0 Å². The third-order valence-corrected chi connectivity index (χ3v) is 4.23. The van der Waals surface area contributed by atoms with E-state index in [1.165, 1.54) is 4.31 Å². The lowest BCUT2D eigenvalue weighted by Crippen LogP contribution is -2.41. The third kappa shape index (κ3) is 6.98. The maximum absolute atomic E-state index is 11.9. The Hall–Kier alpha value is -0.170. The average molecular weight is 266 g/mol. The molecule has 0 atom stereocenters. The first-order valence-electron chi connectivity index (χ1n) is 5.86. The first-order chi connectivity index (χ1) is 7.60. The zero-order valence-corrected chi connectivity index (χ0v) is 12.4. The number of sulfonamides is 1. The van der Waals surface area contributed by atoms with E-state index in [1.54, 1.807) is 7.05 Å². The van der Waals surface area contributed by atoms with Gasteiger partial charge in [0, 0.05) is 13.6 Å². The Bertz CT molecular complexity index is 313. The first-order valence-corrected chi connectivity index (χ1v) is 7.47. The predicted molar refractivity (Wildman–Crippen MR) is 70.3 cm³/mol. The van der Waals surface area contributed by atoms with E-state index in [9.17, 15) is 8.42 Å². The number of hydrogen-bond acceptors (Lipinski definition) is 4. The van der Waals surface area contributed by atoms with E-state index in [0.717, 1.165) is 0 Å². The van der Waals surface area contributed by atoms with Crippen molar-refractivity contribution in [3.05, 3.63) is 0 Å². The van der Waals surface area contributed by atoms with Crippen molar-refractivity contribution in [2.45, 2.75) is 33.8 Å². The van der Waals surface area contributed by atoms with E-state index in [0.29, 0.717) is 13.1 Å².